The Morgan fingerprint density at radius 3 is 1.91 bits per heavy atom. The van der Waals surface area contributed by atoms with Crippen LogP contribution in [0.1, 0.15) is 0 Å². The quantitative estimate of drug-likeness (QED) is 0.196. The summed E-state index contributed by atoms with van der Waals surface area (Å²) in [5, 5.41) is 5.90. The van der Waals surface area contributed by atoms with Crippen LogP contribution in [-0.4, -0.2) is 14.5 Å². The first-order valence-electron chi connectivity index (χ1n) is 15.3. The van der Waals surface area contributed by atoms with Crippen molar-refractivity contribution < 1.29 is 0 Å². The molecule has 210 valence electrons. The van der Waals surface area contributed by atoms with E-state index in [1.807, 2.05) is 12.3 Å². The molecule has 0 atom stereocenters. The third-order valence-corrected chi connectivity index (χ3v) is 8.84. The summed E-state index contributed by atoms with van der Waals surface area (Å²) in [6.07, 6.45) is 1.87. The van der Waals surface area contributed by atoms with Crippen molar-refractivity contribution in [3.05, 3.63) is 164 Å². The molecule has 2 aromatic heterocycles. The second-order valence-electron chi connectivity index (χ2n) is 11.4. The van der Waals surface area contributed by atoms with Gasteiger partial charge >= 0.3 is 0 Å². The Morgan fingerprint density at radius 1 is 0.444 bits per heavy atom. The van der Waals surface area contributed by atoms with E-state index >= 15 is 0 Å². The van der Waals surface area contributed by atoms with Crippen LogP contribution in [0.3, 0.4) is 0 Å². The molecule has 7 aromatic carbocycles. The van der Waals surface area contributed by atoms with Gasteiger partial charge in [-0.05, 0) is 86.9 Å². The summed E-state index contributed by atoms with van der Waals surface area (Å²) >= 11 is 0. The predicted octanol–water partition coefficient (Wildman–Crippen LogP) is 10.9. The van der Waals surface area contributed by atoms with E-state index in [0.29, 0.717) is 0 Å². The summed E-state index contributed by atoms with van der Waals surface area (Å²) in [7, 11) is 0. The highest BCUT2D eigenvalue weighted by molar-refractivity contribution is 6.12. The smallest absolute Gasteiger partial charge is 0.146 e. The van der Waals surface area contributed by atoms with Gasteiger partial charge in [0, 0.05) is 28.2 Å². The van der Waals surface area contributed by atoms with Crippen molar-refractivity contribution in [3.8, 4) is 39.3 Å². The van der Waals surface area contributed by atoms with E-state index in [1.54, 1.807) is 0 Å². The Kier molecular flexibility index (Phi) is 5.82. The number of nitrogens with zero attached hydrogens (tertiary/aromatic N) is 3. The molecule has 45 heavy (non-hydrogen) atoms. The van der Waals surface area contributed by atoms with Crippen molar-refractivity contribution in [2.75, 3.05) is 0 Å². The van der Waals surface area contributed by atoms with Gasteiger partial charge in [-0.2, -0.15) is 0 Å². The maximum absolute atomic E-state index is 5.18. The van der Waals surface area contributed by atoms with E-state index in [2.05, 4.69) is 156 Å². The summed E-state index contributed by atoms with van der Waals surface area (Å²) in [5.74, 6) is 0.940. The molecule has 0 saturated heterocycles. The molecule has 0 spiro atoms. The molecule has 0 fully saturated rings. The van der Waals surface area contributed by atoms with Crippen LogP contribution in [0.4, 0.5) is 0 Å². The van der Waals surface area contributed by atoms with E-state index in [-0.39, 0.29) is 0 Å². The molecule has 0 bridgehead atoms. The first-order valence-corrected chi connectivity index (χ1v) is 15.3. The van der Waals surface area contributed by atoms with Gasteiger partial charge in [-0.15, -0.1) is 0 Å². The van der Waals surface area contributed by atoms with E-state index in [9.17, 15) is 0 Å². The van der Waals surface area contributed by atoms with Gasteiger partial charge in [-0.3, -0.25) is 9.55 Å². The highest BCUT2D eigenvalue weighted by atomic mass is 15.1. The summed E-state index contributed by atoms with van der Waals surface area (Å²) in [4.78, 5) is 9.89. The number of fused-ring (bicyclic) bond motifs is 5. The summed E-state index contributed by atoms with van der Waals surface area (Å²) < 4.78 is 2.27. The molecule has 2 heterocycles. The maximum Gasteiger partial charge on any atom is 0.146 e. The van der Waals surface area contributed by atoms with Crippen LogP contribution in [0.5, 0.6) is 0 Å². The van der Waals surface area contributed by atoms with Crippen molar-refractivity contribution in [1.82, 2.24) is 14.5 Å². The van der Waals surface area contributed by atoms with Gasteiger partial charge in [0.1, 0.15) is 5.82 Å². The lowest BCUT2D eigenvalue weighted by atomic mass is 9.91. The van der Waals surface area contributed by atoms with Crippen LogP contribution in [0.25, 0.3) is 82.8 Å². The Bertz CT molecular complexity index is 2540. The summed E-state index contributed by atoms with van der Waals surface area (Å²) in [6, 6.07) is 56.0. The second-order valence-corrected chi connectivity index (χ2v) is 11.4. The minimum absolute atomic E-state index is 0.940. The fourth-order valence-electron chi connectivity index (χ4n) is 6.80. The zero-order valence-electron chi connectivity index (χ0n) is 24.4. The predicted molar refractivity (Wildman–Crippen MR) is 188 cm³/mol. The summed E-state index contributed by atoms with van der Waals surface area (Å²) in [5.41, 5.74) is 10.1. The molecule has 3 nitrogen and oxygen atoms in total. The van der Waals surface area contributed by atoms with Gasteiger partial charge in [0.15, 0.2) is 0 Å². The fraction of sp³-hybridized carbons (Fsp3) is 0. The number of pyridine rings is 1. The number of benzene rings is 7. The van der Waals surface area contributed by atoms with Crippen molar-refractivity contribution in [3.63, 3.8) is 0 Å². The van der Waals surface area contributed by atoms with Crippen molar-refractivity contribution in [2.24, 2.45) is 0 Å². The zero-order chi connectivity index (χ0) is 29.7. The molecule has 0 aliphatic carbocycles. The number of aromatic nitrogens is 3. The third kappa shape index (κ3) is 4.13. The molecule has 3 heteroatoms. The van der Waals surface area contributed by atoms with Gasteiger partial charge < -0.3 is 0 Å². The van der Waals surface area contributed by atoms with Crippen LogP contribution in [0, 0.1) is 0 Å². The van der Waals surface area contributed by atoms with Gasteiger partial charge in [-0.1, -0.05) is 109 Å². The molecule has 9 rings (SSSR count). The van der Waals surface area contributed by atoms with Gasteiger partial charge in [-0.25, -0.2) is 4.98 Å². The lowest BCUT2D eigenvalue weighted by Crippen LogP contribution is -1.98. The Balaban J connectivity index is 1.24. The number of hydrogen-bond donors (Lipinski definition) is 0. The molecular formula is C42H27N3. The van der Waals surface area contributed by atoms with E-state index in [1.165, 1.54) is 43.8 Å². The monoisotopic (exact) mass is 573 g/mol. The van der Waals surface area contributed by atoms with Crippen molar-refractivity contribution >= 4 is 43.5 Å². The van der Waals surface area contributed by atoms with Crippen LogP contribution >= 0.6 is 0 Å². The standard InChI is InChI=1S/C42H27N3/c1-2-15-31(16-3-1)45-40-22-9-8-21-39(40)44-42(45)37-24-23-32(33-17-4-5-18-34(33)37)28-12-10-13-29(26-28)38-27-30-14-11-25-43-41(30)36-20-7-6-19-35(36)38/h1-27H. The Morgan fingerprint density at radius 2 is 1.09 bits per heavy atom. The average molecular weight is 574 g/mol. The van der Waals surface area contributed by atoms with Crippen LogP contribution in [-0.2, 0) is 0 Å². The number of hydrogen-bond acceptors (Lipinski definition) is 2. The SMILES string of the molecule is c1ccc(-n2c(-c3ccc(-c4cccc(-c5cc6cccnc6c6ccccc56)c4)c4ccccc34)nc3ccccc32)cc1. The Labute approximate surface area is 260 Å². The largest absolute Gasteiger partial charge is 0.292 e. The third-order valence-electron chi connectivity index (χ3n) is 8.84. The highest BCUT2D eigenvalue weighted by Gasteiger charge is 2.18. The van der Waals surface area contributed by atoms with Gasteiger partial charge in [0.2, 0.25) is 0 Å². The molecule has 0 aliphatic rings. The summed E-state index contributed by atoms with van der Waals surface area (Å²) in [6.45, 7) is 0. The molecule has 0 radical (unpaired) electrons. The van der Waals surface area contributed by atoms with E-state index in [4.69, 9.17) is 9.97 Å². The first-order chi connectivity index (χ1) is 22.3. The lowest BCUT2D eigenvalue weighted by molar-refractivity contribution is 1.11. The highest BCUT2D eigenvalue weighted by Crippen LogP contribution is 2.40. The minimum atomic E-state index is 0.940. The van der Waals surface area contributed by atoms with Gasteiger partial charge in [0.25, 0.3) is 0 Å². The lowest BCUT2D eigenvalue weighted by Gasteiger charge is -2.15. The number of para-hydroxylation sites is 3. The normalized spacial score (nSPS) is 11.6. The van der Waals surface area contributed by atoms with Crippen molar-refractivity contribution in [1.29, 1.82) is 0 Å². The molecule has 0 unspecified atom stereocenters. The molecule has 0 saturated carbocycles. The molecule has 0 aliphatic heterocycles. The maximum atomic E-state index is 5.18. The van der Waals surface area contributed by atoms with Crippen molar-refractivity contribution in [2.45, 2.75) is 0 Å². The average Bonchev–Trinajstić information content (AvgIpc) is 3.51. The topological polar surface area (TPSA) is 30.7 Å². The second kappa shape index (κ2) is 10.3. The van der Waals surface area contributed by atoms with E-state index in [0.717, 1.165) is 39.0 Å². The van der Waals surface area contributed by atoms with Gasteiger partial charge in [0.05, 0.1) is 16.6 Å². The molecular weight excluding hydrogens is 546 g/mol. The Hall–Kier alpha value is -6.06. The van der Waals surface area contributed by atoms with Crippen LogP contribution in [0.15, 0.2) is 164 Å². The fourth-order valence-corrected chi connectivity index (χ4v) is 6.80. The van der Waals surface area contributed by atoms with E-state index < -0.39 is 0 Å². The number of imidazole rings is 1. The first kappa shape index (κ1) is 25.4. The van der Waals surface area contributed by atoms with Crippen LogP contribution < -0.4 is 0 Å². The molecule has 9 aromatic rings. The van der Waals surface area contributed by atoms with Crippen LogP contribution in [0.2, 0.25) is 0 Å². The zero-order valence-corrected chi connectivity index (χ0v) is 24.4. The minimum Gasteiger partial charge on any atom is -0.292 e. The molecule has 0 N–H and O–H groups in total. The number of rotatable bonds is 4. The molecule has 0 amide bonds.